The Balaban J connectivity index is 2.97. The van der Waals surface area contributed by atoms with E-state index in [-0.39, 0.29) is 6.61 Å². The lowest BCUT2D eigenvalue weighted by atomic mass is 9.91. The first-order valence-electron chi connectivity index (χ1n) is 5.19. The van der Waals surface area contributed by atoms with E-state index in [2.05, 4.69) is 4.74 Å². The molecule has 1 aromatic rings. The van der Waals surface area contributed by atoms with E-state index in [1.54, 1.807) is 30.3 Å². The first kappa shape index (κ1) is 13.3. The van der Waals surface area contributed by atoms with Crippen LogP contribution in [0.1, 0.15) is 17.3 Å². The molecule has 0 aromatic heterocycles. The molecule has 0 saturated carbocycles. The first-order chi connectivity index (χ1) is 8.07. The molecule has 0 aliphatic rings. The molecule has 4 heteroatoms. The molecule has 4 nitrogen and oxygen atoms in total. The molecule has 0 aliphatic heterocycles. The molecule has 17 heavy (non-hydrogen) atoms. The van der Waals surface area contributed by atoms with E-state index in [0.29, 0.717) is 5.56 Å². The summed E-state index contributed by atoms with van der Waals surface area (Å²) in [5.74, 6) is -2.69. The highest BCUT2D eigenvalue weighted by Gasteiger charge is 2.31. The standard InChI is InChI=1S/C13H14O4/c1-9(14)12(11(15)8-17-2)13(16)10-6-4-3-5-7-10/h3-7,12H,8H2,1-2H3. The van der Waals surface area contributed by atoms with E-state index in [4.69, 9.17) is 0 Å². The highest BCUT2D eigenvalue weighted by Crippen LogP contribution is 2.11. The van der Waals surface area contributed by atoms with Crippen LogP contribution < -0.4 is 0 Å². The summed E-state index contributed by atoms with van der Waals surface area (Å²) in [6.07, 6.45) is 0. The molecule has 1 unspecified atom stereocenters. The van der Waals surface area contributed by atoms with Gasteiger partial charge in [0.05, 0.1) is 0 Å². The van der Waals surface area contributed by atoms with Gasteiger partial charge in [0.1, 0.15) is 18.3 Å². The van der Waals surface area contributed by atoms with Gasteiger partial charge in [0.15, 0.2) is 11.6 Å². The van der Waals surface area contributed by atoms with Gasteiger partial charge < -0.3 is 4.74 Å². The van der Waals surface area contributed by atoms with Gasteiger partial charge in [-0.25, -0.2) is 0 Å². The second-order valence-electron chi connectivity index (χ2n) is 3.67. The van der Waals surface area contributed by atoms with Crippen LogP contribution in [0.2, 0.25) is 0 Å². The summed E-state index contributed by atoms with van der Waals surface area (Å²) >= 11 is 0. The summed E-state index contributed by atoms with van der Waals surface area (Å²) in [7, 11) is 1.35. The molecule has 1 rings (SSSR count). The van der Waals surface area contributed by atoms with Gasteiger partial charge in [0.2, 0.25) is 0 Å². The highest BCUT2D eigenvalue weighted by atomic mass is 16.5. The number of carbonyl (C=O) groups is 3. The average molecular weight is 234 g/mol. The molecule has 0 spiro atoms. The first-order valence-corrected chi connectivity index (χ1v) is 5.19. The molecule has 0 heterocycles. The number of hydrogen-bond acceptors (Lipinski definition) is 4. The molecule has 0 bridgehead atoms. The van der Waals surface area contributed by atoms with Gasteiger partial charge in [-0.2, -0.15) is 0 Å². The smallest absolute Gasteiger partial charge is 0.180 e. The summed E-state index contributed by atoms with van der Waals surface area (Å²) in [5, 5.41) is 0. The van der Waals surface area contributed by atoms with Gasteiger partial charge in [0.25, 0.3) is 0 Å². The number of ketones is 3. The summed E-state index contributed by atoms with van der Waals surface area (Å²) in [4.78, 5) is 35.0. The Morgan fingerprint density at radius 2 is 1.76 bits per heavy atom. The van der Waals surface area contributed by atoms with Gasteiger partial charge in [0, 0.05) is 12.7 Å². The number of Topliss-reactive ketones (excluding diaryl/α,β-unsaturated/α-hetero) is 3. The van der Waals surface area contributed by atoms with Crippen molar-refractivity contribution in [2.24, 2.45) is 5.92 Å². The second-order valence-corrected chi connectivity index (χ2v) is 3.67. The quantitative estimate of drug-likeness (QED) is 0.549. The number of ether oxygens (including phenoxy) is 1. The Morgan fingerprint density at radius 3 is 2.24 bits per heavy atom. The SMILES string of the molecule is COCC(=O)C(C(C)=O)C(=O)c1ccccc1. The third-order valence-electron chi connectivity index (χ3n) is 2.34. The van der Waals surface area contributed by atoms with Crippen molar-refractivity contribution in [2.45, 2.75) is 6.92 Å². The highest BCUT2D eigenvalue weighted by molar-refractivity contribution is 6.23. The Labute approximate surface area is 99.6 Å². The molecule has 0 saturated heterocycles. The summed E-state index contributed by atoms with van der Waals surface area (Å²) < 4.78 is 4.67. The summed E-state index contributed by atoms with van der Waals surface area (Å²) in [5.41, 5.74) is 0.358. The maximum Gasteiger partial charge on any atom is 0.180 e. The molecular weight excluding hydrogens is 220 g/mol. The van der Waals surface area contributed by atoms with E-state index in [1.165, 1.54) is 14.0 Å². The summed E-state index contributed by atoms with van der Waals surface area (Å²) in [6.45, 7) is 1.00. The largest absolute Gasteiger partial charge is 0.377 e. The van der Waals surface area contributed by atoms with Crippen LogP contribution in [0.4, 0.5) is 0 Å². The van der Waals surface area contributed by atoms with Crippen LogP contribution in [0.15, 0.2) is 30.3 Å². The van der Waals surface area contributed by atoms with Crippen molar-refractivity contribution < 1.29 is 19.1 Å². The molecule has 0 fully saturated rings. The Bertz CT molecular complexity index is 422. The maximum absolute atomic E-state index is 12.0. The number of carbonyl (C=O) groups excluding carboxylic acids is 3. The summed E-state index contributed by atoms with van der Waals surface area (Å²) in [6, 6.07) is 8.30. The van der Waals surface area contributed by atoms with E-state index in [1.807, 2.05) is 0 Å². The zero-order chi connectivity index (χ0) is 12.8. The van der Waals surface area contributed by atoms with Crippen LogP contribution in [0.3, 0.4) is 0 Å². The number of hydrogen-bond donors (Lipinski definition) is 0. The monoisotopic (exact) mass is 234 g/mol. The lowest BCUT2D eigenvalue weighted by molar-refractivity contribution is -0.131. The average Bonchev–Trinajstić information content (AvgIpc) is 2.30. The van der Waals surface area contributed by atoms with E-state index in [0.717, 1.165) is 0 Å². The predicted octanol–water partition coefficient (Wildman–Crippen LogP) is 1.29. The number of methoxy groups -OCH3 is 1. The Morgan fingerprint density at radius 1 is 1.18 bits per heavy atom. The van der Waals surface area contributed by atoms with Crippen molar-refractivity contribution in [3.63, 3.8) is 0 Å². The van der Waals surface area contributed by atoms with Gasteiger partial charge in [-0.15, -0.1) is 0 Å². The van der Waals surface area contributed by atoms with Gasteiger partial charge in [-0.1, -0.05) is 30.3 Å². The van der Waals surface area contributed by atoms with Crippen molar-refractivity contribution >= 4 is 17.3 Å². The van der Waals surface area contributed by atoms with Crippen LogP contribution in [-0.2, 0) is 14.3 Å². The minimum atomic E-state index is -1.25. The van der Waals surface area contributed by atoms with Crippen molar-refractivity contribution in [3.8, 4) is 0 Å². The molecule has 0 radical (unpaired) electrons. The lowest BCUT2D eigenvalue weighted by Gasteiger charge is -2.10. The van der Waals surface area contributed by atoms with Gasteiger partial charge >= 0.3 is 0 Å². The number of rotatable bonds is 6. The number of benzene rings is 1. The van der Waals surface area contributed by atoms with Crippen molar-refractivity contribution in [2.75, 3.05) is 13.7 Å². The molecule has 0 amide bonds. The fraction of sp³-hybridized carbons (Fsp3) is 0.308. The van der Waals surface area contributed by atoms with Crippen LogP contribution in [0.5, 0.6) is 0 Å². The predicted molar refractivity (Wildman–Crippen MR) is 61.8 cm³/mol. The zero-order valence-corrected chi connectivity index (χ0v) is 9.80. The van der Waals surface area contributed by atoms with Crippen molar-refractivity contribution in [1.82, 2.24) is 0 Å². The minimum absolute atomic E-state index is 0.233. The van der Waals surface area contributed by atoms with Crippen LogP contribution in [0.25, 0.3) is 0 Å². The molecule has 1 aromatic carbocycles. The van der Waals surface area contributed by atoms with Crippen LogP contribution in [0, 0.1) is 5.92 Å². The van der Waals surface area contributed by atoms with Gasteiger partial charge in [-0.05, 0) is 6.92 Å². The van der Waals surface area contributed by atoms with Crippen molar-refractivity contribution in [1.29, 1.82) is 0 Å². The fourth-order valence-electron chi connectivity index (χ4n) is 1.55. The normalized spacial score (nSPS) is 11.9. The van der Waals surface area contributed by atoms with Gasteiger partial charge in [-0.3, -0.25) is 14.4 Å². The molecule has 0 N–H and O–H groups in total. The van der Waals surface area contributed by atoms with Crippen LogP contribution in [-0.4, -0.2) is 31.1 Å². The third-order valence-corrected chi connectivity index (χ3v) is 2.34. The molecule has 1 atom stereocenters. The molecule has 0 aliphatic carbocycles. The minimum Gasteiger partial charge on any atom is -0.377 e. The Hall–Kier alpha value is -1.81. The topological polar surface area (TPSA) is 60.4 Å². The van der Waals surface area contributed by atoms with E-state index >= 15 is 0 Å². The maximum atomic E-state index is 12.0. The lowest BCUT2D eigenvalue weighted by Crippen LogP contribution is -2.32. The molecule has 90 valence electrons. The Kier molecular flexibility index (Phi) is 4.72. The fourth-order valence-corrected chi connectivity index (χ4v) is 1.55. The van der Waals surface area contributed by atoms with E-state index < -0.39 is 23.3 Å². The zero-order valence-electron chi connectivity index (χ0n) is 9.80. The third kappa shape index (κ3) is 3.32. The van der Waals surface area contributed by atoms with Crippen LogP contribution >= 0.6 is 0 Å². The van der Waals surface area contributed by atoms with Crippen molar-refractivity contribution in [3.05, 3.63) is 35.9 Å². The second kappa shape index (κ2) is 6.06. The van der Waals surface area contributed by atoms with E-state index in [9.17, 15) is 14.4 Å². The molecular formula is C13H14O4.